The van der Waals surface area contributed by atoms with Crippen molar-refractivity contribution in [1.29, 1.82) is 0 Å². The van der Waals surface area contributed by atoms with Gasteiger partial charge in [0, 0.05) is 6.61 Å². The fourth-order valence-electron chi connectivity index (χ4n) is 2.28. The normalized spacial score (nSPS) is 24.6. The first-order valence-corrected chi connectivity index (χ1v) is 6.91. The van der Waals surface area contributed by atoms with Crippen LogP contribution in [0.1, 0.15) is 23.2 Å². The third-order valence-corrected chi connectivity index (χ3v) is 4.29. The molecule has 4 heteroatoms. The zero-order valence-corrected chi connectivity index (χ0v) is 11.1. The summed E-state index contributed by atoms with van der Waals surface area (Å²) in [5.74, 6) is 1.68. The highest BCUT2D eigenvalue weighted by molar-refractivity contribution is 9.09. The molecule has 2 heterocycles. The van der Waals surface area contributed by atoms with Crippen LogP contribution in [0.3, 0.4) is 0 Å². The smallest absolute Gasteiger partial charge is 0.161 e. The summed E-state index contributed by atoms with van der Waals surface area (Å²) in [6.07, 6.45) is 2.54. The third-order valence-electron chi connectivity index (χ3n) is 3.18. The molecule has 3 nitrogen and oxygen atoms in total. The Morgan fingerprint density at radius 2 is 1.94 bits per heavy atom. The van der Waals surface area contributed by atoms with Crippen LogP contribution in [0.4, 0.5) is 0 Å². The van der Waals surface area contributed by atoms with Crippen molar-refractivity contribution in [3.63, 3.8) is 0 Å². The number of benzene rings is 1. The van der Waals surface area contributed by atoms with Gasteiger partial charge in [0.15, 0.2) is 11.5 Å². The predicted octanol–water partition coefficient (Wildman–Crippen LogP) is 3.07. The number of fused-ring (bicyclic) bond motifs is 1. The summed E-state index contributed by atoms with van der Waals surface area (Å²) >= 11 is 3.72. The lowest BCUT2D eigenvalue weighted by molar-refractivity contribution is 0.110. The van der Waals surface area contributed by atoms with Crippen LogP contribution in [0.2, 0.25) is 0 Å². The van der Waals surface area contributed by atoms with E-state index in [9.17, 15) is 0 Å². The van der Waals surface area contributed by atoms with Crippen molar-refractivity contribution in [3.05, 3.63) is 23.8 Å². The second-order valence-electron chi connectivity index (χ2n) is 4.36. The zero-order valence-electron chi connectivity index (χ0n) is 9.52. The van der Waals surface area contributed by atoms with Crippen molar-refractivity contribution >= 4 is 15.9 Å². The van der Waals surface area contributed by atoms with Gasteiger partial charge in [0.25, 0.3) is 0 Å². The lowest BCUT2D eigenvalue weighted by Gasteiger charge is -2.22. The Hall–Kier alpha value is -0.740. The molecule has 3 rings (SSSR count). The summed E-state index contributed by atoms with van der Waals surface area (Å²) in [6.45, 7) is 2.14. The molecule has 0 saturated carbocycles. The Morgan fingerprint density at radius 1 is 1.12 bits per heavy atom. The standard InChI is InChI=1S/C13H15BrO3/c14-13(11-2-1-5-15-11)9-3-4-10-12(8-9)17-7-6-16-10/h3-4,8,11,13H,1-2,5-7H2. The molecule has 0 aromatic heterocycles. The second kappa shape index (κ2) is 4.86. The molecule has 92 valence electrons. The molecule has 2 atom stereocenters. The highest BCUT2D eigenvalue weighted by atomic mass is 79.9. The van der Waals surface area contributed by atoms with Crippen LogP contribution in [-0.2, 0) is 4.74 Å². The molecule has 2 aliphatic heterocycles. The van der Waals surface area contributed by atoms with Crippen molar-refractivity contribution in [2.45, 2.75) is 23.8 Å². The molecule has 1 fully saturated rings. The van der Waals surface area contributed by atoms with Gasteiger partial charge in [-0.15, -0.1) is 0 Å². The first kappa shape index (κ1) is 11.4. The highest BCUT2D eigenvalue weighted by Gasteiger charge is 2.26. The molecule has 0 spiro atoms. The predicted molar refractivity (Wildman–Crippen MR) is 68.1 cm³/mol. The first-order valence-electron chi connectivity index (χ1n) is 6.00. The number of ether oxygens (including phenoxy) is 3. The molecule has 1 aromatic carbocycles. The van der Waals surface area contributed by atoms with Crippen molar-refractivity contribution in [1.82, 2.24) is 0 Å². The van der Waals surface area contributed by atoms with Crippen molar-refractivity contribution in [3.8, 4) is 11.5 Å². The first-order chi connectivity index (χ1) is 8.34. The Kier molecular flexibility index (Phi) is 3.25. The quantitative estimate of drug-likeness (QED) is 0.786. The minimum absolute atomic E-state index is 0.237. The van der Waals surface area contributed by atoms with Crippen molar-refractivity contribution < 1.29 is 14.2 Å². The van der Waals surface area contributed by atoms with E-state index in [0.717, 1.165) is 30.9 Å². The maximum absolute atomic E-state index is 5.69. The van der Waals surface area contributed by atoms with Crippen LogP contribution in [0, 0.1) is 0 Å². The minimum atomic E-state index is 0.237. The zero-order chi connectivity index (χ0) is 11.7. The maximum atomic E-state index is 5.69. The van der Waals surface area contributed by atoms with Gasteiger partial charge in [-0.3, -0.25) is 0 Å². The van der Waals surface area contributed by atoms with Gasteiger partial charge < -0.3 is 14.2 Å². The van der Waals surface area contributed by atoms with Crippen molar-refractivity contribution in [2.24, 2.45) is 0 Å². The van der Waals surface area contributed by atoms with Crippen molar-refractivity contribution in [2.75, 3.05) is 19.8 Å². The molecule has 0 radical (unpaired) electrons. The lowest BCUT2D eigenvalue weighted by atomic mass is 10.0. The number of alkyl halides is 1. The van der Waals surface area contributed by atoms with Gasteiger partial charge in [-0.25, -0.2) is 0 Å². The van der Waals surface area contributed by atoms with E-state index < -0.39 is 0 Å². The van der Waals surface area contributed by atoms with Gasteiger partial charge in [-0.05, 0) is 30.5 Å². The topological polar surface area (TPSA) is 27.7 Å². The van der Waals surface area contributed by atoms with Crippen LogP contribution in [0.5, 0.6) is 11.5 Å². The molecule has 0 amide bonds. The lowest BCUT2D eigenvalue weighted by Crippen LogP contribution is -2.16. The van der Waals surface area contributed by atoms with Gasteiger partial charge >= 0.3 is 0 Å². The summed E-state index contributed by atoms with van der Waals surface area (Å²) in [6, 6.07) is 6.11. The molecule has 17 heavy (non-hydrogen) atoms. The minimum Gasteiger partial charge on any atom is -0.486 e. The van der Waals surface area contributed by atoms with Crippen LogP contribution in [0.15, 0.2) is 18.2 Å². The number of hydrogen-bond acceptors (Lipinski definition) is 3. The maximum Gasteiger partial charge on any atom is 0.161 e. The highest BCUT2D eigenvalue weighted by Crippen LogP contribution is 2.38. The van der Waals surface area contributed by atoms with Gasteiger partial charge in [0.05, 0.1) is 10.9 Å². The van der Waals surface area contributed by atoms with Gasteiger partial charge in [0.1, 0.15) is 13.2 Å². The van der Waals surface area contributed by atoms with E-state index in [1.54, 1.807) is 0 Å². The number of halogens is 1. The molecule has 0 bridgehead atoms. The van der Waals surface area contributed by atoms with E-state index in [2.05, 4.69) is 28.1 Å². The second-order valence-corrected chi connectivity index (χ2v) is 5.34. The Balaban J connectivity index is 1.82. The molecule has 2 unspecified atom stereocenters. The summed E-state index contributed by atoms with van der Waals surface area (Å²) in [5, 5.41) is 0. The Bertz CT molecular complexity index is 402. The van der Waals surface area contributed by atoms with Gasteiger partial charge in [-0.1, -0.05) is 22.0 Å². The Morgan fingerprint density at radius 3 is 2.71 bits per heavy atom. The molecule has 0 aliphatic carbocycles. The summed E-state index contributed by atoms with van der Waals surface area (Å²) in [4.78, 5) is 0.237. The number of hydrogen-bond donors (Lipinski definition) is 0. The Labute approximate surface area is 109 Å². The molecular weight excluding hydrogens is 284 g/mol. The molecule has 0 N–H and O–H groups in total. The van der Waals surface area contributed by atoms with Crippen LogP contribution < -0.4 is 9.47 Å². The average molecular weight is 299 g/mol. The third kappa shape index (κ3) is 2.29. The molecule has 1 saturated heterocycles. The van der Waals surface area contributed by atoms with E-state index in [4.69, 9.17) is 14.2 Å². The van der Waals surface area contributed by atoms with E-state index in [0.29, 0.717) is 13.2 Å². The summed E-state index contributed by atoms with van der Waals surface area (Å²) in [7, 11) is 0. The van der Waals surface area contributed by atoms with Crippen LogP contribution in [-0.4, -0.2) is 25.9 Å². The SMILES string of the molecule is BrC(c1ccc2c(c1)OCCO2)C1CCCO1. The molecule has 1 aromatic rings. The average Bonchev–Trinajstić information content (AvgIpc) is 2.91. The fraction of sp³-hybridized carbons (Fsp3) is 0.538. The molecule has 2 aliphatic rings. The monoisotopic (exact) mass is 298 g/mol. The largest absolute Gasteiger partial charge is 0.486 e. The fourth-order valence-corrected chi connectivity index (χ4v) is 2.98. The van der Waals surface area contributed by atoms with E-state index in [1.807, 2.05) is 6.07 Å². The van der Waals surface area contributed by atoms with Crippen LogP contribution >= 0.6 is 15.9 Å². The van der Waals surface area contributed by atoms with E-state index in [-0.39, 0.29) is 10.9 Å². The molecular formula is C13H15BrO3. The van der Waals surface area contributed by atoms with E-state index in [1.165, 1.54) is 5.56 Å². The van der Waals surface area contributed by atoms with E-state index >= 15 is 0 Å². The summed E-state index contributed by atoms with van der Waals surface area (Å²) in [5.41, 5.74) is 1.20. The van der Waals surface area contributed by atoms with Gasteiger partial charge in [-0.2, -0.15) is 0 Å². The number of rotatable bonds is 2. The van der Waals surface area contributed by atoms with Gasteiger partial charge in [0.2, 0.25) is 0 Å². The summed E-state index contributed by atoms with van der Waals surface area (Å²) < 4.78 is 16.8. The van der Waals surface area contributed by atoms with Crippen LogP contribution in [0.25, 0.3) is 0 Å².